The predicted octanol–water partition coefficient (Wildman–Crippen LogP) is 2.18. The normalized spacial score (nSPS) is 10.7. The standard InChI is InChI=1S/C15H19BO4/c1-18-13-7-11-12(8-14(13)19-2)20-9-10(15(11)17)5-3-4-6-16/h7-9H,3-6,16H2,1-2H3. The van der Waals surface area contributed by atoms with Gasteiger partial charge in [-0.05, 0) is 18.9 Å². The molecule has 1 aromatic carbocycles. The van der Waals surface area contributed by atoms with Crippen molar-refractivity contribution in [1.82, 2.24) is 0 Å². The fraction of sp³-hybridized carbons (Fsp3) is 0.400. The van der Waals surface area contributed by atoms with Gasteiger partial charge in [-0.1, -0.05) is 12.7 Å². The number of hydrogen-bond donors (Lipinski definition) is 0. The summed E-state index contributed by atoms with van der Waals surface area (Å²) in [7, 11) is 5.25. The lowest BCUT2D eigenvalue weighted by Crippen LogP contribution is -2.09. The van der Waals surface area contributed by atoms with Gasteiger partial charge < -0.3 is 13.9 Å². The summed E-state index contributed by atoms with van der Waals surface area (Å²) < 4.78 is 16.0. The molecule has 20 heavy (non-hydrogen) atoms. The molecule has 0 spiro atoms. The molecule has 4 nitrogen and oxygen atoms in total. The molecule has 0 aliphatic rings. The van der Waals surface area contributed by atoms with Crippen LogP contribution in [-0.4, -0.2) is 22.1 Å². The first kappa shape index (κ1) is 14.5. The van der Waals surface area contributed by atoms with E-state index in [0.717, 1.165) is 31.1 Å². The van der Waals surface area contributed by atoms with Crippen LogP contribution in [-0.2, 0) is 6.42 Å². The monoisotopic (exact) mass is 274 g/mol. The predicted molar refractivity (Wildman–Crippen MR) is 81.9 cm³/mol. The average Bonchev–Trinajstić information content (AvgIpc) is 2.48. The molecular formula is C15H19BO4. The number of ether oxygens (including phenoxy) is 2. The zero-order valence-corrected chi connectivity index (χ0v) is 12.2. The molecule has 0 radical (unpaired) electrons. The topological polar surface area (TPSA) is 48.7 Å². The van der Waals surface area contributed by atoms with E-state index in [4.69, 9.17) is 13.9 Å². The van der Waals surface area contributed by atoms with E-state index in [2.05, 4.69) is 7.85 Å². The molecule has 1 aromatic heterocycles. The number of unbranched alkanes of at least 4 members (excludes halogenated alkanes) is 1. The Kier molecular flexibility index (Phi) is 4.72. The van der Waals surface area contributed by atoms with E-state index in [-0.39, 0.29) is 5.43 Å². The highest BCUT2D eigenvalue weighted by Crippen LogP contribution is 2.31. The van der Waals surface area contributed by atoms with Crippen LogP contribution in [0.1, 0.15) is 18.4 Å². The van der Waals surface area contributed by atoms with Crippen molar-refractivity contribution in [2.24, 2.45) is 0 Å². The van der Waals surface area contributed by atoms with Crippen molar-refractivity contribution in [3.63, 3.8) is 0 Å². The van der Waals surface area contributed by atoms with Gasteiger partial charge in [0.05, 0.1) is 25.9 Å². The smallest absolute Gasteiger partial charge is 0.195 e. The molecule has 106 valence electrons. The second kappa shape index (κ2) is 6.50. The number of rotatable bonds is 6. The third-order valence-corrected chi connectivity index (χ3v) is 3.40. The quantitative estimate of drug-likeness (QED) is 0.598. The first-order valence-corrected chi connectivity index (χ1v) is 6.87. The van der Waals surface area contributed by atoms with E-state index in [1.54, 1.807) is 32.6 Å². The summed E-state index contributed by atoms with van der Waals surface area (Å²) in [5.41, 5.74) is 1.26. The summed E-state index contributed by atoms with van der Waals surface area (Å²) in [6.45, 7) is 0. The van der Waals surface area contributed by atoms with E-state index in [1.807, 2.05) is 0 Å². The van der Waals surface area contributed by atoms with Gasteiger partial charge in [0, 0.05) is 11.6 Å². The van der Waals surface area contributed by atoms with E-state index in [0.29, 0.717) is 22.5 Å². The zero-order valence-electron chi connectivity index (χ0n) is 12.2. The summed E-state index contributed by atoms with van der Waals surface area (Å²) in [6, 6.07) is 3.37. The lowest BCUT2D eigenvalue weighted by Gasteiger charge is -2.09. The summed E-state index contributed by atoms with van der Waals surface area (Å²) >= 11 is 0. The van der Waals surface area contributed by atoms with Crippen LogP contribution in [0.5, 0.6) is 11.5 Å². The van der Waals surface area contributed by atoms with Crippen LogP contribution in [0.25, 0.3) is 11.0 Å². The van der Waals surface area contributed by atoms with Crippen LogP contribution >= 0.6 is 0 Å². The van der Waals surface area contributed by atoms with Crippen LogP contribution < -0.4 is 14.9 Å². The molecule has 0 atom stereocenters. The van der Waals surface area contributed by atoms with E-state index < -0.39 is 0 Å². The van der Waals surface area contributed by atoms with Crippen molar-refractivity contribution in [1.29, 1.82) is 0 Å². The first-order valence-electron chi connectivity index (χ1n) is 6.87. The summed E-state index contributed by atoms with van der Waals surface area (Å²) in [4.78, 5) is 12.4. The summed E-state index contributed by atoms with van der Waals surface area (Å²) in [6.07, 6.45) is 5.56. The minimum atomic E-state index is 0.0170. The number of aryl methyl sites for hydroxylation is 1. The molecule has 0 aliphatic heterocycles. The number of fused-ring (bicyclic) bond motifs is 1. The second-order valence-corrected chi connectivity index (χ2v) is 4.75. The fourth-order valence-corrected chi connectivity index (χ4v) is 2.23. The second-order valence-electron chi connectivity index (χ2n) is 4.75. The number of methoxy groups -OCH3 is 2. The fourth-order valence-electron chi connectivity index (χ4n) is 2.23. The molecule has 2 rings (SSSR count). The molecule has 0 unspecified atom stereocenters. The van der Waals surface area contributed by atoms with Gasteiger partial charge in [0.2, 0.25) is 0 Å². The van der Waals surface area contributed by atoms with Gasteiger partial charge in [-0.2, -0.15) is 0 Å². The maximum atomic E-state index is 12.4. The highest BCUT2D eigenvalue weighted by atomic mass is 16.5. The van der Waals surface area contributed by atoms with Crippen LogP contribution in [0.15, 0.2) is 27.6 Å². The maximum absolute atomic E-state index is 12.4. The maximum Gasteiger partial charge on any atom is 0.195 e. The van der Waals surface area contributed by atoms with Crippen molar-refractivity contribution in [2.75, 3.05) is 14.2 Å². The van der Waals surface area contributed by atoms with E-state index in [9.17, 15) is 4.79 Å². The molecule has 0 N–H and O–H groups in total. The minimum Gasteiger partial charge on any atom is -0.493 e. The molecule has 5 heteroatoms. The van der Waals surface area contributed by atoms with Crippen molar-refractivity contribution < 1.29 is 13.9 Å². The van der Waals surface area contributed by atoms with Gasteiger partial charge in [-0.25, -0.2) is 0 Å². The molecule has 0 saturated carbocycles. The van der Waals surface area contributed by atoms with Gasteiger partial charge in [-0.15, -0.1) is 0 Å². The third kappa shape index (κ3) is 2.81. The van der Waals surface area contributed by atoms with Crippen LogP contribution in [0.2, 0.25) is 6.32 Å². The molecule has 0 aliphatic carbocycles. The molecule has 2 aromatic rings. The average molecular weight is 274 g/mol. The van der Waals surface area contributed by atoms with Crippen molar-refractivity contribution in [2.45, 2.75) is 25.6 Å². The first-order chi connectivity index (χ1) is 9.71. The minimum absolute atomic E-state index is 0.0170. The van der Waals surface area contributed by atoms with Crippen LogP contribution in [0, 0.1) is 0 Å². The van der Waals surface area contributed by atoms with Gasteiger partial charge in [0.1, 0.15) is 13.4 Å². The van der Waals surface area contributed by atoms with Crippen LogP contribution in [0.4, 0.5) is 0 Å². The highest BCUT2D eigenvalue weighted by Gasteiger charge is 2.12. The number of hydrogen-bond acceptors (Lipinski definition) is 4. The SMILES string of the molecule is BCCCCc1coc2cc(OC)c(OC)cc2c1=O. The zero-order chi connectivity index (χ0) is 14.5. The Morgan fingerprint density at radius 2 is 1.85 bits per heavy atom. The Hall–Kier alpha value is -1.91. The van der Waals surface area contributed by atoms with Crippen LogP contribution in [0.3, 0.4) is 0 Å². The van der Waals surface area contributed by atoms with Gasteiger partial charge in [-0.3, -0.25) is 4.79 Å². The van der Waals surface area contributed by atoms with Gasteiger partial charge in [0.25, 0.3) is 0 Å². The largest absolute Gasteiger partial charge is 0.493 e. The lowest BCUT2D eigenvalue weighted by atomic mass is 9.98. The van der Waals surface area contributed by atoms with Gasteiger partial charge >= 0.3 is 0 Å². The van der Waals surface area contributed by atoms with Crippen molar-refractivity contribution >= 4 is 18.8 Å². The van der Waals surface area contributed by atoms with Gasteiger partial charge in [0.15, 0.2) is 16.9 Å². The Balaban J connectivity index is 2.46. The molecule has 0 amide bonds. The molecular weight excluding hydrogens is 255 g/mol. The van der Waals surface area contributed by atoms with Crippen molar-refractivity contribution in [3.05, 3.63) is 34.2 Å². The Bertz CT molecular complexity index is 648. The Morgan fingerprint density at radius 1 is 1.15 bits per heavy atom. The summed E-state index contributed by atoms with van der Waals surface area (Å²) in [5.74, 6) is 1.10. The molecule has 1 heterocycles. The molecule has 0 bridgehead atoms. The summed E-state index contributed by atoms with van der Waals surface area (Å²) in [5, 5.41) is 0.539. The molecule has 0 saturated heterocycles. The third-order valence-electron chi connectivity index (χ3n) is 3.40. The van der Waals surface area contributed by atoms with E-state index in [1.165, 1.54) is 0 Å². The highest BCUT2D eigenvalue weighted by molar-refractivity contribution is 6.08. The molecule has 0 fully saturated rings. The number of benzene rings is 1. The Labute approximate surface area is 119 Å². The Morgan fingerprint density at radius 3 is 2.50 bits per heavy atom. The van der Waals surface area contributed by atoms with E-state index >= 15 is 0 Å². The van der Waals surface area contributed by atoms with Crippen molar-refractivity contribution in [3.8, 4) is 11.5 Å². The lowest BCUT2D eigenvalue weighted by molar-refractivity contribution is 0.355.